The van der Waals surface area contributed by atoms with Gasteiger partial charge >= 0.3 is 5.97 Å². The van der Waals surface area contributed by atoms with Crippen molar-refractivity contribution in [2.45, 2.75) is 26.9 Å². The zero-order chi connectivity index (χ0) is 20.1. The Morgan fingerprint density at radius 3 is 2.64 bits per heavy atom. The Labute approximate surface area is 172 Å². The van der Waals surface area contributed by atoms with Crippen LogP contribution < -0.4 is 5.32 Å². The number of ether oxygens (including phenoxy) is 1. The average molecular weight is 418 g/mol. The van der Waals surface area contributed by atoms with Gasteiger partial charge in [-0.2, -0.15) is 5.10 Å². The molecule has 1 N–H and O–H groups in total. The summed E-state index contributed by atoms with van der Waals surface area (Å²) < 4.78 is 6.67. The van der Waals surface area contributed by atoms with Crippen molar-refractivity contribution in [3.8, 4) is 0 Å². The van der Waals surface area contributed by atoms with Gasteiger partial charge in [-0.25, -0.2) is 9.48 Å². The van der Waals surface area contributed by atoms with Crippen LogP contribution in [-0.4, -0.2) is 28.3 Å². The molecule has 3 rings (SSSR count). The van der Waals surface area contributed by atoms with Crippen LogP contribution in [0.1, 0.15) is 32.1 Å². The number of amides is 1. The normalized spacial score (nSPS) is 10.7. The topological polar surface area (TPSA) is 73.2 Å². The van der Waals surface area contributed by atoms with Crippen molar-refractivity contribution in [3.63, 3.8) is 0 Å². The number of nitrogens with zero attached hydrogens (tertiary/aromatic N) is 2. The molecular weight excluding hydrogens is 398 g/mol. The Morgan fingerprint density at radius 2 is 1.96 bits per heavy atom. The summed E-state index contributed by atoms with van der Waals surface area (Å²) in [7, 11) is 0. The number of hydrogen-bond acceptors (Lipinski definition) is 5. The van der Waals surface area contributed by atoms with E-state index in [1.807, 2.05) is 48.7 Å². The zero-order valence-corrected chi connectivity index (χ0v) is 17.1. The average Bonchev–Trinajstić information content (AvgIpc) is 3.28. The molecule has 1 amide bonds. The van der Waals surface area contributed by atoms with Crippen molar-refractivity contribution >= 4 is 34.8 Å². The van der Waals surface area contributed by atoms with Crippen LogP contribution >= 0.6 is 22.9 Å². The molecule has 0 spiro atoms. The highest BCUT2D eigenvalue weighted by atomic mass is 35.5. The molecule has 0 aliphatic heterocycles. The van der Waals surface area contributed by atoms with E-state index in [0.717, 1.165) is 16.0 Å². The first kappa shape index (κ1) is 20.1. The van der Waals surface area contributed by atoms with Gasteiger partial charge in [-0.3, -0.25) is 4.79 Å². The van der Waals surface area contributed by atoms with E-state index in [-0.39, 0.29) is 23.2 Å². The Hall–Kier alpha value is -2.64. The van der Waals surface area contributed by atoms with Gasteiger partial charge in [0.1, 0.15) is 10.7 Å². The van der Waals surface area contributed by atoms with Gasteiger partial charge in [0.15, 0.2) is 6.61 Å². The van der Waals surface area contributed by atoms with Crippen molar-refractivity contribution in [1.82, 2.24) is 15.1 Å². The summed E-state index contributed by atoms with van der Waals surface area (Å²) in [6, 6.07) is 11.8. The molecule has 0 unspecified atom stereocenters. The SMILES string of the molecule is Cc1ccc(Cn2nc(C)c(C(=O)OCC(=O)NCc3cccs3)c2Cl)cc1. The second-order valence-electron chi connectivity index (χ2n) is 6.33. The molecule has 0 fully saturated rings. The molecule has 2 heterocycles. The van der Waals surface area contributed by atoms with Crippen molar-refractivity contribution in [3.05, 3.63) is 74.2 Å². The first-order valence-electron chi connectivity index (χ1n) is 8.68. The second-order valence-corrected chi connectivity index (χ2v) is 7.72. The number of rotatable bonds is 7. The van der Waals surface area contributed by atoms with Crippen molar-refractivity contribution in [1.29, 1.82) is 0 Å². The molecule has 1 aromatic carbocycles. The number of aromatic nitrogens is 2. The fourth-order valence-electron chi connectivity index (χ4n) is 2.61. The lowest BCUT2D eigenvalue weighted by molar-refractivity contribution is -0.124. The van der Waals surface area contributed by atoms with Crippen LogP contribution in [0.4, 0.5) is 0 Å². The minimum atomic E-state index is -0.663. The monoisotopic (exact) mass is 417 g/mol. The van der Waals surface area contributed by atoms with Crippen molar-refractivity contribution in [2.75, 3.05) is 6.61 Å². The molecule has 0 atom stereocenters. The molecular formula is C20H20ClN3O3S. The third kappa shape index (κ3) is 4.99. The maximum Gasteiger partial charge on any atom is 0.343 e. The second kappa shape index (κ2) is 9.03. The third-order valence-electron chi connectivity index (χ3n) is 4.10. The molecule has 3 aromatic rings. The molecule has 0 saturated carbocycles. The van der Waals surface area contributed by atoms with Gasteiger partial charge < -0.3 is 10.1 Å². The highest BCUT2D eigenvalue weighted by Crippen LogP contribution is 2.22. The van der Waals surface area contributed by atoms with Gasteiger partial charge in [0, 0.05) is 4.88 Å². The minimum absolute atomic E-state index is 0.180. The molecule has 0 aliphatic rings. The predicted molar refractivity (Wildman–Crippen MR) is 109 cm³/mol. The Balaban J connectivity index is 1.59. The maximum absolute atomic E-state index is 12.4. The lowest BCUT2D eigenvalue weighted by Crippen LogP contribution is -2.28. The van der Waals surface area contributed by atoms with Crippen LogP contribution in [0.5, 0.6) is 0 Å². The molecule has 0 saturated heterocycles. The molecule has 2 aromatic heterocycles. The van der Waals surface area contributed by atoms with E-state index in [9.17, 15) is 9.59 Å². The fourth-order valence-corrected chi connectivity index (χ4v) is 3.57. The zero-order valence-electron chi connectivity index (χ0n) is 15.6. The van der Waals surface area contributed by atoms with E-state index in [4.69, 9.17) is 16.3 Å². The van der Waals surface area contributed by atoms with Gasteiger partial charge in [-0.15, -0.1) is 11.3 Å². The highest BCUT2D eigenvalue weighted by Gasteiger charge is 2.22. The number of carbonyl (C=O) groups is 2. The number of esters is 1. The standard InChI is InChI=1S/C20H20ClN3O3S/c1-13-5-7-15(8-6-13)11-24-19(21)18(14(2)23-24)20(26)27-12-17(25)22-10-16-4-3-9-28-16/h3-9H,10-12H2,1-2H3,(H,22,25). The third-order valence-corrected chi connectivity index (χ3v) is 5.36. The van der Waals surface area contributed by atoms with Gasteiger partial charge in [-0.1, -0.05) is 47.5 Å². The van der Waals surface area contributed by atoms with E-state index in [1.54, 1.807) is 22.9 Å². The first-order chi connectivity index (χ1) is 13.4. The summed E-state index contributed by atoms with van der Waals surface area (Å²) in [6.45, 7) is 4.17. The Bertz CT molecular complexity index is 966. The number of nitrogens with one attached hydrogen (secondary N) is 1. The molecule has 8 heteroatoms. The summed E-state index contributed by atoms with van der Waals surface area (Å²) >= 11 is 7.89. The number of carbonyl (C=O) groups excluding carboxylic acids is 2. The van der Waals surface area contributed by atoms with Crippen LogP contribution in [0.25, 0.3) is 0 Å². The number of hydrogen-bond donors (Lipinski definition) is 1. The van der Waals surface area contributed by atoms with E-state index in [1.165, 1.54) is 0 Å². The number of aryl methyl sites for hydroxylation is 2. The van der Waals surface area contributed by atoms with Crippen LogP contribution in [0.2, 0.25) is 5.15 Å². The lowest BCUT2D eigenvalue weighted by atomic mass is 10.1. The quantitative estimate of drug-likeness (QED) is 0.594. The van der Waals surface area contributed by atoms with E-state index >= 15 is 0 Å². The maximum atomic E-state index is 12.4. The summed E-state index contributed by atoms with van der Waals surface area (Å²) in [5.74, 6) is -1.04. The van der Waals surface area contributed by atoms with E-state index < -0.39 is 5.97 Å². The number of halogens is 1. The van der Waals surface area contributed by atoms with Crippen LogP contribution in [0, 0.1) is 13.8 Å². The lowest BCUT2D eigenvalue weighted by Gasteiger charge is -2.06. The number of benzene rings is 1. The summed E-state index contributed by atoms with van der Waals surface area (Å²) in [6.07, 6.45) is 0. The van der Waals surface area contributed by atoms with E-state index in [2.05, 4.69) is 10.4 Å². The van der Waals surface area contributed by atoms with Crippen LogP contribution in [0.3, 0.4) is 0 Å². The Morgan fingerprint density at radius 1 is 1.21 bits per heavy atom. The summed E-state index contributed by atoms with van der Waals surface area (Å²) in [5.41, 5.74) is 2.82. The highest BCUT2D eigenvalue weighted by molar-refractivity contribution is 7.09. The van der Waals surface area contributed by atoms with Crippen LogP contribution in [0.15, 0.2) is 41.8 Å². The number of thiophene rings is 1. The first-order valence-corrected chi connectivity index (χ1v) is 9.94. The van der Waals surface area contributed by atoms with E-state index in [0.29, 0.717) is 18.8 Å². The van der Waals surface area contributed by atoms with Crippen LogP contribution in [-0.2, 0) is 22.6 Å². The predicted octanol–water partition coefficient (Wildman–Crippen LogP) is 3.74. The summed E-state index contributed by atoms with van der Waals surface area (Å²) in [5, 5.41) is 9.16. The summed E-state index contributed by atoms with van der Waals surface area (Å²) in [4.78, 5) is 25.3. The largest absolute Gasteiger partial charge is 0.452 e. The minimum Gasteiger partial charge on any atom is -0.452 e. The van der Waals surface area contributed by atoms with Crippen molar-refractivity contribution < 1.29 is 14.3 Å². The Kier molecular flexibility index (Phi) is 6.49. The molecule has 0 aliphatic carbocycles. The van der Waals surface area contributed by atoms with Gasteiger partial charge in [-0.05, 0) is 30.9 Å². The fraction of sp³-hybridized carbons (Fsp3) is 0.250. The van der Waals surface area contributed by atoms with Gasteiger partial charge in [0.2, 0.25) is 0 Å². The molecule has 28 heavy (non-hydrogen) atoms. The smallest absolute Gasteiger partial charge is 0.343 e. The molecule has 6 nitrogen and oxygen atoms in total. The van der Waals surface area contributed by atoms with Gasteiger partial charge in [0.05, 0.1) is 18.8 Å². The van der Waals surface area contributed by atoms with Gasteiger partial charge in [0.25, 0.3) is 5.91 Å². The molecule has 0 bridgehead atoms. The molecule has 146 valence electrons. The molecule has 0 radical (unpaired) electrons. The van der Waals surface area contributed by atoms with Crippen molar-refractivity contribution in [2.24, 2.45) is 0 Å².